The normalized spacial score (nSPS) is 9.95. The summed E-state index contributed by atoms with van der Waals surface area (Å²) >= 11 is 5.85. The lowest BCUT2D eigenvalue weighted by molar-refractivity contribution is 0.262. The lowest BCUT2D eigenvalue weighted by atomic mass is 10.3. The van der Waals surface area contributed by atoms with Crippen molar-refractivity contribution in [2.24, 2.45) is 0 Å². The summed E-state index contributed by atoms with van der Waals surface area (Å²) in [4.78, 5) is 11.7. The van der Waals surface area contributed by atoms with Crippen LogP contribution in [0.2, 0.25) is 5.02 Å². The number of nitrogen functional groups attached to an aromatic ring is 1. The maximum absolute atomic E-state index is 11.7. The van der Waals surface area contributed by atoms with E-state index in [9.17, 15) is 9.90 Å². The van der Waals surface area contributed by atoms with Gasteiger partial charge in [0.25, 0.3) is 0 Å². The van der Waals surface area contributed by atoms with Crippen LogP contribution in [0.25, 0.3) is 0 Å². The van der Waals surface area contributed by atoms with Gasteiger partial charge in [-0.1, -0.05) is 23.7 Å². The van der Waals surface area contributed by atoms with Crippen molar-refractivity contribution < 1.29 is 9.90 Å². The van der Waals surface area contributed by atoms with Crippen LogP contribution in [0.3, 0.4) is 0 Å². The SMILES string of the molecule is Nc1ccc(NC(=O)Nc2ccccc2O)cc1Cl. The number of anilines is 3. The molecule has 0 spiro atoms. The lowest BCUT2D eigenvalue weighted by Gasteiger charge is -2.09. The molecule has 0 aliphatic heterocycles. The van der Waals surface area contributed by atoms with Gasteiger partial charge in [-0.15, -0.1) is 0 Å². The van der Waals surface area contributed by atoms with E-state index in [1.54, 1.807) is 36.4 Å². The fourth-order valence-electron chi connectivity index (χ4n) is 1.47. The maximum atomic E-state index is 11.7. The number of phenolic OH excluding ortho intramolecular Hbond substituents is 1. The number of carbonyl (C=O) groups is 1. The van der Waals surface area contributed by atoms with E-state index in [1.165, 1.54) is 6.07 Å². The molecule has 0 aromatic heterocycles. The first-order valence-corrected chi connectivity index (χ1v) is 5.85. The predicted molar refractivity (Wildman–Crippen MR) is 76.6 cm³/mol. The average Bonchev–Trinajstić information content (AvgIpc) is 2.37. The molecule has 0 saturated heterocycles. The van der Waals surface area contributed by atoms with Crippen LogP contribution < -0.4 is 16.4 Å². The Morgan fingerprint density at radius 1 is 1.16 bits per heavy atom. The van der Waals surface area contributed by atoms with Crippen molar-refractivity contribution in [1.29, 1.82) is 0 Å². The summed E-state index contributed by atoms with van der Waals surface area (Å²) in [7, 11) is 0. The van der Waals surface area contributed by atoms with Gasteiger partial charge >= 0.3 is 6.03 Å². The number of phenols is 1. The molecule has 6 heteroatoms. The van der Waals surface area contributed by atoms with E-state index in [2.05, 4.69) is 10.6 Å². The highest BCUT2D eigenvalue weighted by Gasteiger charge is 2.06. The highest BCUT2D eigenvalue weighted by Crippen LogP contribution is 2.24. The number of carbonyl (C=O) groups excluding carboxylic acids is 1. The van der Waals surface area contributed by atoms with E-state index < -0.39 is 6.03 Å². The molecule has 98 valence electrons. The molecule has 0 bridgehead atoms. The topological polar surface area (TPSA) is 87.4 Å². The summed E-state index contributed by atoms with van der Waals surface area (Å²) in [5.41, 5.74) is 6.84. The van der Waals surface area contributed by atoms with E-state index >= 15 is 0 Å². The van der Waals surface area contributed by atoms with Crippen molar-refractivity contribution in [3.63, 3.8) is 0 Å². The Kier molecular flexibility index (Phi) is 3.77. The molecule has 2 rings (SSSR count). The Bertz CT molecular complexity index is 617. The van der Waals surface area contributed by atoms with Gasteiger partial charge in [0.2, 0.25) is 0 Å². The van der Waals surface area contributed by atoms with Crippen molar-refractivity contribution in [2.75, 3.05) is 16.4 Å². The minimum Gasteiger partial charge on any atom is -0.506 e. The minimum absolute atomic E-state index is 0.00649. The molecular weight excluding hydrogens is 266 g/mol. The zero-order valence-electron chi connectivity index (χ0n) is 9.85. The summed E-state index contributed by atoms with van der Waals surface area (Å²) in [5, 5.41) is 15.0. The zero-order valence-corrected chi connectivity index (χ0v) is 10.6. The Hall–Kier alpha value is -2.40. The summed E-state index contributed by atoms with van der Waals surface area (Å²) in [6.45, 7) is 0. The van der Waals surface area contributed by atoms with Gasteiger partial charge in [0.1, 0.15) is 5.75 Å². The molecule has 0 aliphatic carbocycles. The molecule has 0 atom stereocenters. The standard InChI is InChI=1S/C13H12ClN3O2/c14-9-7-8(5-6-10(9)15)16-13(19)17-11-3-1-2-4-12(11)18/h1-7,18H,15H2,(H2,16,17,19). The van der Waals surface area contributed by atoms with E-state index in [0.717, 1.165) is 0 Å². The van der Waals surface area contributed by atoms with Gasteiger partial charge in [-0.05, 0) is 30.3 Å². The second kappa shape index (κ2) is 5.49. The maximum Gasteiger partial charge on any atom is 0.323 e. The van der Waals surface area contributed by atoms with Gasteiger partial charge in [0.15, 0.2) is 0 Å². The molecule has 5 N–H and O–H groups in total. The van der Waals surface area contributed by atoms with Crippen molar-refractivity contribution in [2.45, 2.75) is 0 Å². The van der Waals surface area contributed by atoms with Crippen LogP contribution in [0.1, 0.15) is 0 Å². The predicted octanol–water partition coefficient (Wildman–Crippen LogP) is 3.27. The number of nitrogens with two attached hydrogens (primary N) is 1. The largest absolute Gasteiger partial charge is 0.506 e. The molecule has 0 heterocycles. The van der Waals surface area contributed by atoms with Crippen LogP contribution >= 0.6 is 11.6 Å². The van der Waals surface area contributed by atoms with E-state index in [4.69, 9.17) is 17.3 Å². The molecule has 2 amide bonds. The van der Waals surface area contributed by atoms with Crippen LogP contribution in [-0.2, 0) is 0 Å². The Labute approximate surface area is 115 Å². The number of rotatable bonds is 2. The van der Waals surface area contributed by atoms with Crippen LogP contribution in [0.4, 0.5) is 21.9 Å². The first kappa shape index (κ1) is 13.0. The highest BCUT2D eigenvalue weighted by atomic mass is 35.5. The van der Waals surface area contributed by atoms with Gasteiger partial charge in [0.05, 0.1) is 16.4 Å². The van der Waals surface area contributed by atoms with Gasteiger partial charge in [-0.2, -0.15) is 0 Å². The van der Waals surface area contributed by atoms with E-state index in [-0.39, 0.29) is 5.75 Å². The van der Waals surface area contributed by atoms with Crippen molar-refractivity contribution in [1.82, 2.24) is 0 Å². The first-order chi connectivity index (χ1) is 9.06. The number of para-hydroxylation sites is 2. The number of benzene rings is 2. The first-order valence-electron chi connectivity index (χ1n) is 5.47. The molecule has 2 aromatic rings. The third kappa shape index (κ3) is 3.29. The van der Waals surface area contributed by atoms with Crippen molar-refractivity contribution in [3.05, 3.63) is 47.5 Å². The summed E-state index contributed by atoms with van der Waals surface area (Å²) in [6, 6.07) is 10.7. The van der Waals surface area contributed by atoms with Gasteiger partial charge < -0.3 is 21.5 Å². The molecule has 0 aliphatic rings. The smallest absolute Gasteiger partial charge is 0.323 e. The molecule has 0 fully saturated rings. The van der Waals surface area contributed by atoms with E-state index in [1.807, 2.05) is 0 Å². The summed E-state index contributed by atoms with van der Waals surface area (Å²) in [6.07, 6.45) is 0. The van der Waals surface area contributed by atoms with Crippen LogP contribution in [0.5, 0.6) is 5.75 Å². The molecule has 19 heavy (non-hydrogen) atoms. The fraction of sp³-hybridized carbons (Fsp3) is 0. The Balaban J connectivity index is 2.05. The average molecular weight is 278 g/mol. The molecule has 0 radical (unpaired) electrons. The second-order valence-corrected chi connectivity index (χ2v) is 4.24. The van der Waals surface area contributed by atoms with Crippen LogP contribution in [0, 0.1) is 0 Å². The van der Waals surface area contributed by atoms with Crippen molar-refractivity contribution in [3.8, 4) is 5.75 Å². The summed E-state index contributed by atoms with van der Waals surface area (Å²) < 4.78 is 0. The monoisotopic (exact) mass is 277 g/mol. The molecular formula is C13H12ClN3O2. The third-order valence-corrected chi connectivity index (χ3v) is 2.74. The molecule has 5 nitrogen and oxygen atoms in total. The quantitative estimate of drug-likeness (QED) is 0.502. The Morgan fingerprint density at radius 3 is 2.58 bits per heavy atom. The number of hydrogen-bond acceptors (Lipinski definition) is 3. The van der Waals surface area contributed by atoms with Gasteiger partial charge in [-0.25, -0.2) is 4.79 Å². The second-order valence-electron chi connectivity index (χ2n) is 3.83. The third-order valence-electron chi connectivity index (χ3n) is 2.41. The Morgan fingerprint density at radius 2 is 1.89 bits per heavy atom. The minimum atomic E-state index is -0.484. The number of halogens is 1. The van der Waals surface area contributed by atoms with Crippen LogP contribution in [0.15, 0.2) is 42.5 Å². The zero-order chi connectivity index (χ0) is 13.8. The summed E-state index contributed by atoms with van der Waals surface area (Å²) in [5.74, 6) is -0.00649. The number of nitrogens with one attached hydrogen (secondary N) is 2. The number of urea groups is 1. The molecule has 0 saturated carbocycles. The van der Waals surface area contributed by atoms with Gasteiger partial charge in [-0.3, -0.25) is 0 Å². The number of aromatic hydroxyl groups is 1. The number of amides is 2. The lowest BCUT2D eigenvalue weighted by Crippen LogP contribution is -2.19. The van der Waals surface area contributed by atoms with Crippen molar-refractivity contribution >= 4 is 34.7 Å². The highest BCUT2D eigenvalue weighted by molar-refractivity contribution is 6.33. The van der Waals surface area contributed by atoms with E-state index in [0.29, 0.717) is 22.1 Å². The fourth-order valence-corrected chi connectivity index (χ4v) is 1.65. The number of hydrogen-bond donors (Lipinski definition) is 4. The molecule has 2 aromatic carbocycles. The molecule has 0 unspecified atom stereocenters. The van der Waals surface area contributed by atoms with Gasteiger partial charge in [0, 0.05) is 5.69 Å². The van der Waals surface area contributed by atoms with Crippen LogP contribution in [-0.4, -0.2) is 11.1 Å².